The molecule has 0 N–H and O–H groups in total. The summed E-state index contributed by atoms with van der Waals surface area (Å²) in [7, 11) is 0. The maximum Gasteiger partial charge on any atom is 0.0461 e. The first-order chi connectivity index (χ1) is 47.6. The summed E-state index contributed by atoms with van der Waals surface area (Å²) < 4.78 is 0. The molecule has 11 aromatic rings. The van der Waals surface area contributed by atoms with Crippen molar-refractivity contribution in [3.63, 3.8) is 0 Å². The first-order valence-electron chi connectivity index (χ1n) is 37.4. The van der Waals surface area contributed by atoms with Gasteiger partial charge in [-0.3, -0.25) is 0 Å². The maximum atomic E-state index is 2.42. The van der Waals surface area contributed by atoms with Gasteiger partial charge in [0.1, 0.15) is 0 Å². The molecule has 0 aliphatic carbocycles. The van der Waals surface area contributed by atoms with Gasteiger partial charge in [-0.2, -0.15) is 0 Å². The lowest BCUT2D eigenvalue weighted by Gasteiger charge is -2.32. The van der Waals surface area contributed by atoms with Crippen molar-refractivity contribution >= 4 is 34.1 Å². The van der Waals surface area contributed by atoms with Crippen LogP contribution in [0.15, 0.2) is 267 Å². The van der Waals surface area contributed by atoms with Crippen molar-refractivity contribution in [2.24, 2.45) is 0 Å². The predicted octanol–water partition coefficient (Wildman–Crippen LogP) is 27.8. The molecular formula is C100H116N2. The van der Waals surface area contributed by atoms with E-state index in [-0.39, 0.29) is 54.1 Å². The first kappa shape index (κ1) is 74.2. The van der Waals surface area contributed by atoms with Crippen LogP contribution >= 0.6 is 0 Å². The van der Waals surface area contributed by atoms with E-state index >= 15 is 0 Å². The largest absolute Gasteiger partial charge is 0.311 e. The molecule has 0 fully saturated rings. The van der Waals surface area contributed by atoms with E-state index in [0.717, 1.165) is 34.1 Å². The van der Waals surface area contributed by atoms with Crippen molar-refractivity contribution in [2.75, 3.05) is 9.80 Å². The lowest BCUT2D eigenvalue weighted by molar-refractivity contribution is 0.587. The van der Waals surface area contributed by atoms with Crippen LogP contribution in [0.4, 0.5) is 34.1 Å². The van der Waals surface area contributed by atoms with Gasteiger partial charge in [0.05, 0.1) is 0 Å². The summed E-state index contributed by atoms with van der Waals surface area (Å²) in [5, 5.41) is 0. The van der Waals surface area contributed by atoms with E-state index in [2.05, 4.69) is 443 Å². The number of hydrogen-bond donors (Lipinski definition) is 0. The van der Waals surface area contributed by atoms with E-state index in [1.165, 1.54) is 89.0 Å². The summed E-state index contributed by atoms with van der Waals surface area (Å²) in [4.78, 5) is 4.83. The highest BCUT2D eigenvalue weighted by Gasteiger charge is 2.32. The van der Waals surface area contributed by atoms with E-state index in [1.54, 1.807) is 0 Å². The van der Waals surface area contributed by atoms with E-state index in [9.17, 15) is 0 Å². The third-order valence-corrected chi connectivity index (χ3v) is 23.3. The lowest BCUT2D eigenvalue weighted by Crippen LogP contribution is -2.22. The molecule has 0 radical (unpaired) electrons. The second kappa shape index (κ2) is 27.3. The van der Waals surface area contributed by atoms with Gasteiger partial charge in [0.15, 0.2) is 0 Å². The van der Waals surface area contributed by atoms with Crippen molar-refractivity contribution in [3.8, 4) is 0 Å². The topological polar surface area (TPSA) is 6.48 Å². The SMILES string of the molecule is CC(C)(C)c1ccc(C(C)(C)c2ccc(N(c3ccc(C(C)(C)c4ccc(C(C)(C)C)cc4)cc3)c3ccc(C(C)(C)c4ccc(C(C)(C)c5ccc(N(c6ccc(C(C)(C)c7ccc(C(C)(C)C)cc7)cc6)c6ccc(C(C)(C)c7ccc(C(C)(C)C)cc7)cc6)cc5)cc4)cc3)cc2)cc1. The Morgan fingerprint density at radius 2 is 0.196 bits per heavy atom. The van der Waals surface area contributed by atoms with Gasteiger partial charge in [-0.1, -0.05) is 360 Å². The van der Waals surface area contributed by atoms with Crippen molar-refractivity contribution in [3.05, 3.63) is 356 Å². The molecule has 0 spiro atoms. The Morgan fingerprint density at radius 3 is 0.284 bits per heavy atom. The Hall–Kier alpha value is -8.98. The summed E-state index contributed by atoms with van der Waals surface area (Å²) in [6.45, 7) is 55.6. The molecule has 526 valence electrons. The van der Waals surface area contributed by atoms with Crippen LogP contribution in [0.5, 0.6) is 0 Å². The molecule has 0 aromatic heterocycles. The monoisotopic (exact) mass is 1340 g/mol. The average molecular weight is 1350 g/mol. The van der Waals surface area contributed by atoms with E-state index in [1.807, 2.05) is 0 Å². The van der Waals surface area contributed by atoms with Crippen LogP contribution in [-0.4, -0.2) is 0 Å². The molecule has 11 aromatic carbocycles. The summed E-state index contributed by atoms with van der Waals surface area (Å²) >= 11 is 0. The smallest absolute Gasteiger partial charge is 0.0461 e. The lowest BCUT2D eigenvalue weighted by atomic mass is 9.74. The van der Waals surface area contributed by atoms with Crippen LogP contribution in [0.2, 0.25) is 0 Å². The van der Waals surface area contributed by atoms with Crippen LogP contribution in [0.25, 0.3) is 0 Å². The Balaban J connectivity index is 0.865. The molecule has 0 bridgehead atoms. The Labute approximate surface area is 616 Å². The van der Waals surface area contributed by atoms with Crippen molar-refractivity contribution < 1.29 is 0 Å². The number of hydrogen-bond acceptors (Lipinski definition) is 2. The second-order valence-electron chi connectivity index (χ2n) is 36.6. The van der Waals surface area contributed by atoms with Gasteiger partial charge < -0.3 is 9.80 Å². The van der Waals surface area contributed by atoms with E-state index in [4.69, 9.17) is 0 Å². The van der Waals surface area contributed by atoms with Crippen LogP contribution in [0.3, 0.4) is 0 Å². The van der Waals surface area contributed by atoms with Gasteiger partial charge in [0.2, 0.25) is 0 Å². The minimum absolute atomic E-state index is 0.101. The Morgan fingerprint density at radius 1 is 0.118 bits per heavy atom. The van der Waals surface area contributed by atoms with Crippen molar-refractivity contribution in [2.45, 2.75) is 220 Å². The maximum absolute atomic E-state index is 2.42. The van der Waals surface area contributed by atoms with Crippen LogP contribution < -0.4 is 9.80 Å². The van der Waals surface area contributed by atoms with Gasteiger partial charge in [0, 0.05) is 66.6 Å². The third-order valence-electron chi connectivity index (χ3n) is 23.3. The van der Waals surface area contributed by atoms with Crippen LogP contribution in [0, 0.1) is 0 Å². The zero-order valence-electron chi connectivity index (χ0n) is 66.3. The third kappa shape index (κ3) is 15.1. The number of benzene rings is 11. The van der Waals surface area contributed by atoms with Gasteiger partial charge in [-0.15, -0.1) is 0 Å². The van der Waals surface area contributed by atoms with Gasteiger partial charge >= 0.3 is 0 Å². The standard InChI is InChI=1S/C100H116N2/c1-91(2,3)69-25-33-73(34-26-69)95(13,14)79-45-57-85(58-46-79)101(86-59-47-80(48-60-86)96(15,16)74-35-27-70(28-36-74)92(4,5)6)89-65-53-83(54-66-89)99(21,22)77-41-43-78(44-42-77)100(23,24)84-55-67-90(68-56-84)102(87-61-49-81(50-62-87)97(17,18)75-37-29-71(30-38-75)93(7,8)9)88-63-51-82(52-64-88)98(19,20)76-39-31-72(32-40-76)94(10,11)12/h25-68H,1-24H3. The van der Waals surface area contributed by atoms with E-state index < -0.39 is 0 Å². The molecule has 102 heavy (non-hydrogen) atoms. The Bertz CT molecular complexity index is 4090. The molecule has 0 saturated carbocycles. The van der Waals surface area contributed by atoms with E-state index in [0.29, 0.717) is 0 Å². The normalized spacial score (nSPS) is 13.1. The quantitative estimate of drug-likeness (QED) is 0.0845. The summed E-state index contributed by atoms with van der Waals surface area (Å²) in [5.74, 6) is 0. The predicted molar refractivity (Wildman–Crippen MR) is 442 cm³/mol. The van der Waals surface area contributed by atoms with Gasteiger partial charge in [-0.25, -0.2) is 0 Å². The zero-order chi connectivity index (χ0) is 74.0. The molecular weight excluding hydrogens is 1230 g/mol. The highest BCUT2D eigenvalue weighted by Crippen LogP contribution is 2.46. The summed E-state index contributed by atoms with van der Waals surface area (Å²) in [6.07, 6.45) is 0. The first-order valence-corrected chi connectivity index (χ1v) is 37.4. The fourth-order valence-electron chi connectivity index (χ4n) is 14.9. The molecule has 0 amide bonds. The fraction of sp³-hybridized carbons (Fsp3) is 0.340. The van der Waals surface area contributed by atoms with Crippen molar-refractivity contribution in [1.29, 1.82) is 0 Å². The summed E-state index contributed by atoms with van der Waals surface area (Å²) in [6, 6.07) is 102. The molecule has 0 aliphatic heterocycles. The molecule has 0 heterocycles. The highest BCUT2D eigenvalue weighted by atomic mass is 15.1. The minimum atomic E-state index is -0.273. The number of anilines is 6. The molecule has 0 aliphatic rings. The minimum Gasteiger partial charge on any atom is -0.311 e. The molecule has 11 rings (SSSR count). The molecule has 0 saturated heterocycles. The van der Waals surface area contributed by atoms with Gasteiger partial charge in [0.25, 0.3) is 0 Å². The van der Waals surface area contributed by atoms with Crippen LogP contribution in [0.1, 0.15) is 255 Å². The van der Waals surface area contributed by atoms with Gasteiger partial charge in [-0.05, 0) is 183 Å². The summed E-state index contributed by atoms with van der Waals surface area (Å²) in [5.41, 5.74) is 26.6. The Kier molecular flexibility index (Phi) is 19.9. The second-order valence-corrected chi connectivity index (χ2v) is 36.6. The van der Waals surface area contributed by atoms with Crippen molar-refractivity contribution in [1.82, 2.24) is 0 Å². The number of rotatable bonds is 18. The zero-order valence-corrected chi connectivity index (χ0v) is 66.3. The molecule has 2 nitrogen and oxygen atoms in total. The molecule has 2 heteroatoms. The highest BCUT2D eigenvalue weighted by molar-refractivity contribution is 5.79. The van der Waals surface area contributed by atoms with Crippen LogP contribution in [-0.2, 0) is 54.1 Å². The molecule has 0 unspecified atom stereocenters. The number of nitrogens with zero attached hydrogens (tertiary/aromatic N) is 2. The molecule has 0 atom stereocenters. The fourth-order valence-corrected chi connectivity index (χ4v) is 14.9. The average Bonchev–Trinajstić information content (AvgIpc) is 0.780.